The minimum Gasteiger partial charge on any atom is -0.360 e. The SMILES string of the molecule is CC(C)(C)OCN1CCC(c2nc3ccc(Cl)cc3s2)CC1. The molecule has 1 fully saturated rings. The minimum atomic E-state index is -0.0663. The number of hydrogen-bond donors (Lipinski definition) is 0. The topological polar surface area (TPSA) is 25.4 Å². The Morgan fingerprint density at radius 2 is 2.05 bits per heavy atom. The van der Waals surface area contributed by atoms with E-state index in [1.165, 1.54) is 9.71 Å². The lowest BCUT2D eigenvalue weighted by atomic mass is 9.98. The van der Waals surface area contributed by atoms with Crippen molar-refractivity contribution in [3.63, 3.8) is 0 Å². The van der Waals surface area contributed by atoms with Crippen molar-refractivity contribution < 1.29 is 4.74 Å². The second kappa shape index (κ2) is 6.44. The van der Waals surface area contributed by atoms with Gasteiger partial charge in [0, 0.05) is 24.0 Å². The number of piperidine rings is 1. The Morgan fingerprint density at radius 1 is 1.32 bits per heavy atom. The van der Waals surface area contributed by atoms with E-state index < -0.39 is 0 Å². The summed E-state index contributed by atoms with van der Waals surface area (Å²) >= 11 is 7.85. The van der Waals surface area contributed by atoms with Crippen LogP contribution in [0.1, 0.15) is 44.5 Å². The molecular formula is C17H23ClN2OS. The van der Waals surface area contributed by atoms with E-state index in [0.717, 1.165) is 43.2 Å². The summed E-state index contributed by atoms with van der Waals surface area (Å²) in [6, 6.07) is 5.95. The third-order valence-electron chi connectivity index (χ3n) is 3.98. The highest BCUT2D eigenvalue weighted by Gasteiger charge is 2.24. The summed E-state index contributed by atoms with van der Waals surface area (Å²) in [7, 11) is 0. The second-order valence-electron chi connectivity index (χ2n) is 6.94. The van der Waals surface area contributed by atoms with Crippen LogP contribution in [-0.2, 0) is 4.74 Å². The van der Waals surface area contributed by atoms with Crippen LogP contribution >= 0.6 is 22.9 Å². The third-order valence-corrected chi connectivity index (χ3v) is 5.40. The molecule has 0 atom stereocenters. The van der Waals surface area contributed by atoms with Gasteiger partial charge in [0.1, 0.15) is 0 Å². The molecule has 0 N–H and O–H groups in total. The Hall–Kier alpha value is -0.680. The van der Waals surface area contributed by atoms with E-state index in [-0.39, 0.29) is 5.60 Å². The Kier molecular flexibility index (Phi) is 4.74. The van der Waals surface area contributed by atoms with Crippen molar-refractivity contribution in [3.05, 3.63) is 28.2 Å². The van der Waals surface area contributed by atoms with Gasteiger partial charge in [-0.2, -0.15) is 0 Å². The Morgan fingerprint density at radius 3 is 2.73 bits per heavy atom. The van der Waals surface area contributed by atoms with E-state index >= 15 is 0 Å². The van der Waals surface area contributed by atoms with Crippen molar-refractivity contribution in [2.75, 3.05) is 19.8 Å². The Balaban J connectivity index is 1.60. The predicted octanol–water partition coefficient (Wildman–Crippen LogP) is 4.90. The molecule has 5 heteroatoms. The quantitative estimate of drug-likeness (QED) is 0.795. The summed E-state index contributed by atoms with van der Waals surface area (Å²) in [5, 5.41) is 2.05. The van der Waals surface area contributed by atoms with Gasteiger partial charge in [-0.3, -0.25) is 4.90 Å². The number of aromatic nitrogens is 1. The molecule has 1 aromatic heterocycles. The fourth-order valence-electron chi connectivity index (χ4n) is 2.68. The Labute approximate surface area is 141 Å². The van der Waals surface area contributed by atoms with Crippen molar-refractivity contribution in [2.24, 2.45) is 0 Å². The molecular weight excluding hydrogens is 316 g/mol. The standard InChI is InChI=1S/C17H23ClN2OS/c1-17(2,3)21-11-20-8-6-12(7-9-20)16-19-14-5-4-13(18)10-15(14)22-16/h4-5,10,12H,6-9,11H2,1-3H3. The number of benzene rings is 1. The van der Waals surface area contributed by atoms with Gasteiger partial charge in [-0.1, -0.05) is 11.6 Å². The van der Waals surface area contributed by atoms with Gasteiger partial charge in [-0.05, 0) is 51.8 Å². The molecule has 0 aliphatic carbocycles. The summed E-state index contributed by atoms with van der Waals surface area (Å²) in [5.41, 5.74) is 1.01. The fraction of sp³-hybridized carbons (Fsp3) is 0.588. The highest BCUT2D eigenvalue weighted by atomic mass is 35.5. The van der Waals surface area contributed by atoms with Crippen LogP contribution in [0.15, 0.2) is 18.2 Å². The lowest BCUT2D eigenvalue weighted by molar-refractivity contribution is -0.0689. The van der Waals surface area contributed by atoms with Crippen LogP contribution in [-0.4, -0.2) is 35.3 Å². The van der Waals surface area contributed by atoms with Gasteiger partial charge in [0.05, 0.1) is 27.6 Å². The number of rotatable bonds is 3. The monoisotopic (exact) mass is 338 g/mol. The van der Waals surface area contributed by atoms with E-state index in [4.69, 9.17) is 21.3 Å². The summed E-state index contributed by atoms with van der Waals surface area (Å²) in [4.78, 5) is 7.19. The molecule has 0 amide bonds. The number of likely N-dealkylation sites (tertiary alicyclic amines) is 1. The van der Waals surface area contributed by atoms with Gasteiger partial charge in [0.15, 0.2) is 0 Å². The van der Waals surface area contributed by atoms with E-state index in [2.05, 4.69) is 25.7 Å². The molecule has 3 nitrogen and oxygen atoms in total. The normalized spacial score (nSPS) is 18.2. The molecule has 0 bridgehead atoms. The number of halogens is 1. The fourth-order valence-corrected chi connectivity index (χ4v) is 4.10. The van der Waals surface area contributed by atoms with Crippen LogP contribution in [0.25, 0.3) is 10.2 Å². The highest BCUT2D eigenvalue weighted by Crippen LogP contribution is 2.34. The Bertz CT molecular complexity index is 642. The van der Waals surface area contributed by atoms with Crippen molar-refractivity contribution >= 4 is 33.2 Å². The van der Waals surface area contributed by atoms with Crippen molar-refractivity contribution in [1.29, 1.82) is 0 Å². The average molecular weight is 339 g/mol. The molecule has 2 aromatic rings. The predicted molar refractivity (Wildman–Crippen MR) is 93.9 cm³/mol. The summed E-state index contributed by atoms with van der Waals surface area (Å²) in [6.07, 6.45) is 2.31. The molecule has 0 unspecified atom stereocenters. The maximum absolute atomic E-state index is 6.06. The number of thiazole rings is 1. The van der Waals surface area contributed by atoms with Gasteiger partial charge >= 0.3 is 0 Å². The van der Waals surface area contributed by atoms with Crippen LogP contribution < -0.4 is 0 Å². The zero-order valence-corrected chi connectivity index (χ0v) is 15.0. The van der Waals surface area contributed by atoms with E-state index in [1.807, 2.05) is 18.2 Å². The zero-order valence-electron chi connectivity index (χ0n) is 13.4. The molecule has 1 aliphatic heterocycles. The lowest BCUT2D eigenvalue weighted by Gasteiger charge is -2.33. The summed E-state index contributed by atoms with van der Waals surface area (Å²) in [6.45, 7) is 9.20. The molecule has 2 heterocycles. The average Bonchev–Trinajstić information content (AvgIpc) is 2.88. The molecule has 3 rings (SSSR count). The molecule has 120 valence electrons. The van der Waals surface area contributed by atoms with Crippen LogP contribution in [0.5, 0.6) is 0 Å². The number of nitrogens with zero attached hydrogens (tertiary/aromatic N) is 2. The molecule has 22 heavy (non-hydrogen) atoms. The van der Waals surface area contributed by atoms with E-state index in [9.17, 15) is 0 Å². The first-order chi connectivity index (χ1) is 10.4. The molecule has 0 spiro atoms. The van der Waals surface area contributed by atoms with E-state index in [1.54, 1.807) is 11.3 Å². The van der Waals surface area contributed by atoms with Crippen LogP contribution in [0.2, 0.25) is 5.02 Å². The second-order valence-corrected chi connectivity index (χ2v) is 8.44. The maximum atomic E-state index is 6.06. The van der Waals surface area contributed by atoms with Gasteiger partial charge in [-0.25, -0.2) is 4.98 Å². The van der Waals surface area contributed by atoms with E-state index in [0.29, 0.717) is 5.92 Å². The first kappa shape index (κ1) is 16.2. The zero-order chi connectivity index (χ0) is 15.7. The number of hydrogen-bond acceptors (Lipinski definition) is 4. The summed E-state index contributed by atoms with van der Waals surface area (Å²) in [5.74, 6) is 0.571. The van der Waals surface area contributed by atoms with Gasteiger partial charge < -0.3 is 4.74 Å². The molecule has 0 saturated carbocycles. The highest BCUT2D eigenvalue weighted by molar-refractivity contribution is 7.18. The van der Waals surface area contributed by atoms with Crippen molar-refractivity contribution in [2.45, 2.75) is 45.1 Å². The lowest BCUT2D eigenvalue weighted by Crippen LogP contribution is -2.37. The largest absolute Gasteiger partial charge is 0.360 e. The van der Waals surface area contributed by atoms with Gasteiger partial charge in [0.2, 0.25) is 0 Å². The van der Waals surface area contributed by atoms with Gasteiger partial charge in [0.25, 0.3) is 0 Å². The minimum absolute atomic E-state index is 0.0663. The van der Waals surface area contributed by atoms with Crippen LogP contribution in [0.4, 0.5) is 0 Å². The first-order valence-electron chi connectivity index (χ1n) is 7.83. The van der Waals surface area contributed by atoms with Crippen molar-refractivity contribution in [3.8, 4) is 0 Å². The molecule has 1 saturated heterocycles. The number of ether oxygens (including phenoxy) is 1. The van der Waals surface area contributed by atoms with Crippen LogP contribution in [0, 0.1) is 0 Å². The van der Waals surface area contributed by atoms with Gasteiger partial charge in [-0.15, -0.1) is 11.3 Å². The molecule has 1 aromatic carbocycles. The molecule has 1 aliphatic rings. The summed E-state index contributed by atoms with van der Waals surface area (Å²) < 4.78 is 7.06. The first-order valence-corrected chi connectivity index (χ1v) is 9.02. The third kappa shape index (κ3) is 3.99. The smallest absolute Gasteiger partial charge is 0.0997 e. The molecule has 0 radical (unpaired) electrons. The maximum Gasteiger partial charge on any atom is 0.0997 e. The number of fused-ring (bicyclic) bond motifs is 1. The van der Waals surface area contributed by atoms with Crippen LogP contribution in [0.3, 0.4) is 0 Å². The van der Waals surface area contributed by atoms with Crippen molar-refractivity contribution in [1.82, 2.24) is 9.88 Å².